The summed E-state index contributed by atoms with van der Waals surface area (Å²) >= 11 is 9.01. The van der Waals surface area contributed by atoms with Gasteiger partial charge in [0.05, 0.1) is 0 Å². The maximum Gasteiger partial charge on any atom is 0.260 e. The summed E-state index contributed by atoms with van der Waals surface area (Å²) in [6.45, 7) is 1.43. The fraction of sp³-hybridized carbons (Fsp3) is 0.263. The van der Waals surface area contributed by atoms with Crippen LogP contribution in [0.1, 0.15) is 10.4 Å². The third kappa shape index (κ3) is 4.99. The monoisotopic (exact) mass is 454 g/mol. The molecule has 3 rings (SSSR count). The molecule has 142 valence electrons. The van der Waals surface area contributed by atoms with Crippen molar-refractivity contribution >= 4 is 39.3 Å². The second-order valence-electron chi connectivity index (χ2n) is 6.04. The van der Waals surface area contributed by atoms with Crippen LogP contribution in [0.5, 0.6) is 5.75 Å². The lowest BCUT2D eigenvalue weighted by atomic mass is 10.2. The van der Waals surface area contributed by atoms with Crippen LogP contribution in [-0.4, -0.2) is 54.4 Å². The van der Waals surface area contributed by atoms with Crippen molar-refractivity contribution in [2.45, 2.75) is 0 Å². The minimum Gasteiger partial charge on any atom is -0.481 e. The van der Waals surface area contributed by atoms with Crippen molar-refractivity contribution in [2.24, 2.45) is 0 Å². The van der Waals surface area contributed by atoms with E-state index in [4.69, 9.17) is 16.3 Å². The molecule has 0 radical (unpaired) electrons. The molecule has 0 bridgehead atoms. The van der Waals surface area contributed by atoms with Gasteiger partial charge in [-0.05, 0) is 42.5 Å². The van der Waals surface area contributed by atoms with Gasteiger partial charge in [-0.25, -0.2) is 4.39 Å². The van der Waals surface area contributed by atoms with E-state index in [9.17, 15) is 14.0 Å². The van der Waals surface area contributed by atoms with Gasteiger partial charge in [-0.1, -0.05) is 27.5 Å². The molecule has 0 aliphatic carbocycles. The Labute approximate surface area is 169 Å². The summed E-state index contributed by atoms with van der Waals surface area (Å²) in [5.74, 6) is -0.832. The number of ether oxygens (including phenoxy) is 1. The average molecular weight is 456 g/mol. The van der Waals surface area contributed by atoms with Crippen LogP contribution in [0.3, 0.4) is 0 Å². The van der Waals surface area contributed by atoms with Crippen molar-refractivity contribution in [2.75, 3.05) is 32.8 Å². The number of hydrogen-bond donors (Lipinski definition) is 0. The maximum atomic E-state index is 13.7. The minimum atomic E-state index is -0.532. The zero-order valence-corrected chi connectivity index (χ0v) is 16.7. The first-order chi connectivity index (χ1) is 12.9. The van der Waals surface area contributed by atoms with E-state index in [1.54, 1.807) is 40.1 Å². The zero-order chi connectivity index (χ0) is 19.4. The van der Waals surface area contributed by atoms with Gasteiger partial charge in [-0.2, -0.15) is 0 Å². The molecule has 27 heavy (non-hydrogen) atoms. The van der Waals surface area contributed by atoms with Crippen LogP contribution in [0.4, 0.5) is 4.39 Å². The number of halogens is 3. The number of rotatable bonds is 4. The van der Waals surface area contributed by atoms with E-state index in [0.29, 0.717) is 41.2 Å². The molecule has 1 fully saturated rings. The predicted octanol–water partition coefficient (Wildman–Crippen LogP) is 3.61. The molecule has 0 atom stereocenters. The van der Waals surface area contributed by atoms with E-state index in [1.807, 2.05) is 0 Å². The van der Waals surface area contributed by atoms with Crippen LogP contribution in [-0.2, 0) is 4.79 Å². The highest BCUT2D eigenvalue weighted by atomic mass is 79.9. The van der Waals surface area contributed by atoms with E-state index in [2.05, 4.69) is 15.9 Å². The van der Waals surface area contributed by atoms with Crippen LogP contribution in [0.2, 0.25) is 5.02 Å². The van der Waals surface area contributed by atoms with E-state index in [1.165, 1.54) is 12.1 Å². The molecular formula is C19H17BrClFN2O3. The van der Waals surface area contributed by atoms with Crippen molar-refractivity contribution in [3.8, 4) is 5.75 Å². The zero-order valence-electron chi connectivity index (χ0n) is 14.3. The second kappa shape index (κ2) is 8.71. The summed E-state index contributed by atoms with van der Waals surface area (Å²) in [5, 5.41) is 0.573. The Morgan fingerprint density at radius 3 is 2.30 bits per heavy atom. The summed E-state index contributed by atoms with van der Waals surface area (Å²) in [5.41, 5.74) is 0.563. The molecule has 0 spiro atoms. The first kappa shape index (κ1) is 19.6. The molecule has 0 N–H and O–H groups in total. The third-order valence-corrected chi connectivity index (χ3v) is 5.00. The Hall–Kier alpha value is -2.12. The fourth-order valence-electron chi connectivity index (χ4n) is 2.76. The molecular weight excluding hydrogens is 439 g/mol. The van der Waals surface area contributed by atoms with E-state index in [-0.39, 0.29) is 24.2 Å². The van der Waals surface area contributed by atoms with Gasteiger partial charge < -0.3 is 14.5 Å². The molecule has 1 aliphatic heterocycles. The lowest BCUT2D eigenvalue weighted by molar-refractivity contribution is -0.134. The Morgan fingerprint density at radius 1 is 1.04 bits per heavy atom. The highest BCUT2D eigenvalue weighted by Gasteiger charge is 2.25. The van der Waals surface area contributed by atoms with E-state index in [0.717, 1.165) is 0 Å². The average Bonchev–Trinajstić information content (AvgIpc) is 2.67. The molecule has 0 saturated carbocycles. The highest BCUT2D eigenvalue weighted by molar-refractivity contribution is 9.10. The smallest absolute Gasteiger partial charge is 0.260 e. The minimum absolute atomic E-state index is 0.0307. The van der Waals surface area contributed by atoms with Gasteiger partial charge in [0.1, 0.15) is 0 Å². The normalized spacial score (nSPS) is 14.2. The molecule has 1 saturated heterocycles. The van der Waals surface area contributed by atoms with Crippen molar-refractivity contribution in [3.05, 3.63) is 63.3 Å². The van der Waals surface area contributed by atoms with E-state index < -0.39 is 5.82 Å². The second-order valence-corrected chi connectivity index (χ2v) is 7.40. The number of carbonyl (C=O) groups is 2. The first-order valence-electron chi connectivity index (χ1n) is 8.34. The van der Waals surface area contributed by atoms with Gasteiger partial charge in [0, 0.05) is 41.2 Å². The Balaban J connectivity index is 1.50. The van der Waals surface area contributed by atoms with Crippen LogP contribution in [0.25, 0.3) is 0 Å². The standard InChI is InChI=1S/C19H17BrClFN2O3/c20-14-3-6-17(16(22)11-14)27-12-18(25)23-7-9-24(10-8-23)19(26)13-1-4-15(21)5-2-13/h1-6,11H,7-10,12H2. The number of piperazine rings is 1. The largest absolute Gasteiger partial charge is 0.481 e. The molecule has 2 amide bonds. The summed E-state index contributed by atoms with van der Waals surface area (Å²) in [4.78, 5) is 28.1. The third-order valence-electron chi connectivity index (χ3n) is 4.26. The van der Waals surface area contributed by atoms with Crippen LogP contribution >= 0.6 is 27.5 Å². The fourth-order valence-corrected chi connectivity index (χ4v) is 3.22. The topological polar surface area (TPSA) is 49.9 Å². The molecule has 1 heterocycles. The van der Waals surface area contributed by atoms with Gasteiger partial charge in [0.15, 0.2) is 18.2 Å². The Kier molecular flexibility index (Phi) is 6.34. The highest BCUT2D eigenvalue weighted by Crippen LogP contribution is 2.21. The summed E-state index contributed by atoms with van der Waals surface area (Å²) < 4.78 is 19.6. The number of amides is 2. The number of hydrogen-bond acceptors (Lipinski definition) is 3. The van der Waals surface area contributed by atoms with Crippen molar-refractivity contribution < 1.29 is 18.7 Å². The maximum absolute atomic E-state index is 13.7. The molecule has 8 heteroatoms. The number of nitrogens with zero attached hydrogens (tertiary/aromatic N) is 2. The molecule has 2 aromatic rings. The SMILES string of the molecule is O=C(COc1ccc(Br)cc1F)N1CCN(C(=O)c2ccc(Cl)cc2)CC1. The Morgan fingerprint density at radius 2 is 1.67 bits per heavy atom. The van der Waals surface area contributed by atoms with Crippen LogP contribution < -0.4 is 4.74 Å². The Bertz CT molecular complexity index is 839. The number of carbonyl (C=O) groups excluding carboxylic acids is 2. The summed E-state index contributed by atoms with van der Waals surface area (Å²) in [7, 11) is 0. The van der Waals surface area contributed by atoms with Crippen LogP contribution in [0, 0.1) is 5.82 Å². The lowest BCUT2D eigenvalue weighted by Gasteiger charge is -2.34. The lowest BCUT2D eigenvalue weighted by Crippen LogP contribution is -2.51. The molecule has 0 unspecified atom stereocenters. The quantitative estimate of drug-likeness (QED) is 0.708. The molecule has 5 nitrogen and oxygen atoms in total. The van der Waals surface area contributed by atoms with Gasteiger partial charge >= 0.3 is 0 Å². The predicted molar refractivity (Wildman–Crippen MR) is 104 cm³/mol. The van der Waals surface area contributed by atoms with Crippen molar-refractivity contribution in [1.29, 1.82) is 0 Å². The first-order valence-corrected chi connectivity index (χ1v) is 9.51. The van der Waals surface area contributed by atoms with Gasteiger partial charge in [0.2, 0.25) is 0 Å². The van der Waals surface area contributed by atoms with Gasteiger partial charge in [-0.3, -0.25) is 9.59 Å². The van der Waals surface area contributed by atoms with Crippen molar-refractivity contribution in [3.63, 3.8) is 0 Å². The van der Waals surface area contributed by atoms with E-state index >= 15 is 0 Å². The van der Waals surface area contributed by atoms with Crippen LogP contribution in [0.15, 0.2) is 46.9 Å². The van der Waals surface area contributed by atoms with Gasteiger partial charge in [-0.15, -0.1) is 0 Å². The molecule has 0 aromatic heterocycles. The number of benzene rings is 2. The van der Waals surface area contributed by atoms with Gasteiger partial charge in [0.25, 0.3) is 11.8 Å². The van der Waals surface area contributed by atoms with Crippen molar-refractivity contribution in [1.82, 2.24) is 9.80 Å². The molecule has 2 aromatic carbocycles. The summed E-state index contributed by atoms with van der Waals surface area (Å²) in [6, 6.07) is 11.1. The molecule has 1 aliphatic rings. The summed E-state index contributed by atoms with van der Waals surface area (Å²) in [6.07, 6.45) is 0.